The second-order valence-electron chi connectivity index (χ2n) is 7.79. The van der Waals surface area contributed by atoms with Crippen molar-refractivity contribution in [2.45, 2.75) is 23.8 Å². The van der Waals surface area contributed by atoms with Crippen LogP contribution in [0.2, 0.25) is 0 Å². The summed E-state index contributed by atoms with van der Waals surface area (Å²) in [7, 11) is -0.733. The van der Waals surface area contributed by atoms with Crippen molar-refractivity contribution in [3.8, 4) is 11.5 Å². The lowest BCUT2D eigenvalue weighted by Crippen LogP contribution is -2.48. The largest absolute Gasteiger partial charge is 0.493 e. The number of hydrogen-bond acceptors (Lipinski definition) is 8. The number of nitrogens with one attached hydrogen (secondary N) is 1. The fraction of sp³-hybridized carbons (Fsp3) is 0.429. The van der Waals surface area contributed by atoms with Crippen LogP contribution in [0.15, 0.2) is 41.3 Å². The van der Waals surface area contributed by atoms with Crippen molar-refractivity contribution in [1.29, 1.82) is 0 Å². The number of anilines is 2. The molecule has 0 aromatic heterocycles. The number of nitro groups is 1. The fourth-order valence-corrected chi connectivity index (χ4v) is 5.19. The molecule has 0 spiro atoms. The monoisotopic (exact) mass is 462 g/mol. The third-order valence-corrected chi connectivity index (χ3v) is 7.61. The number of ether oxygens (including phenoxy) is 2. The van der Waals surface area contributed by atoms with Crippen LogP contribution in [0, 0.1) is 10.1 Å². The van der Waals surface area contributed by atoms with Crippen molar-refractivity contribution in [3.05, 3.63) is 46.5 Å². The Balaban J connectivity index is 1.48. The predicted molar refractivity (Wildman–Crippen MR) is 120 cm³/mol. The van der Waals surface area contributed by atoms with Crippen molar-refractivity contribution in [2.24, 2.45) is 0 Å². The second kappa shape index (κ2) is 8.83. The van der Waals surface area contributed by atoms with Gasteiger partial charge in [0.05, 0.1) is 24.0 Å². The second-order valence-corrected chi connectivity index (χ2v) is 9.72. The molecule has 0 unspecified atom stereocenters. The number of rotatable bonds is 8. The zero-order valence-electron chi connectivity index (χ0n) is 18.0. The Morgan fingerprint density at radius 2 is 1.69 bits per heavy atom. The zero-order chi connectivity index (χ0) is 22.9. The van der Waals surface area contributed by atoms with Crippen LogP contribution in [0.5, 0.6) is 11.5 Å². The first kappa shape index (κ1) is 22.2. The number of sulfonamides is 1. The van der Waals surface area contributed by atoms with E-state index in [-0.39, 0.29) is 21.5 Å². The van der Waals surface area contributed by atoms with Gasteiger partial charge in [0.15, 0.2) is 11.5 Å². The van der Waals surface area contributed by atoms with Crippen molar-refractivity contribution in [2.75, 3.05) is 50.6 Å². The SMILES string of the molecule is COc1ccc(S(=O)(=O)N2CCN(c3ccc([N+](=O)[O-])c(NC4CC4)c3)CC2)cc1OC. The van der Waals surface area contributed by atoms with E-state index in [1.807, 2.05) is 4.90 Å². The average Bonchev–Trinajstić information content (AvgIpc) is 3.62. The molecule has 2 aliphatic rings. The van der Waals surface area contributed by atoms with E-state index in [0.29, 0.717) is 43.4 Å². The van der Waals surface area contributed by atoms with Crippen molar-refractivity contribution < 1.29 is 22.8 Å². The lowest BCUT2D eigenvalue weighted by atomic mass is 10.2. The summed E-state index contributed by atoms with van der Waals surface area (Å²) in [6, 6.07) is 9.85. The van der Waals surface area contributed by atoms with Gasteiger partial charge in [0.1, 0.15) is 5.69 Å². The highest BCUT2D eigenvalue weighted by Crippen LogP contribution is 2.35. The minimum Gasteiger partial charge on any atom is -0.493 e. The quantitative estimate of drug-likeness (QED) is 0.470. The van der Waals surface area contributed by atoms with Gasteiger partial charge in [-0.15, -0.1) is 0 Å². The first-order chi connectivity index (χ1) is 15.3. The molecule has 4 rings (SSSR count). The highest BCUT2D eigenvalue weighted by molar-refractivity contribution is 7.89. The van der Waals surface area contributed by atoms with E-state index in [0.717, 1.165) is 18.5 Å². The summed E-state index contributed by atoms with van der Waals surface area (Å²) in [4.78, 5) is 13.2. The Kier molecular flexibility index (Phi) is 6.11. The predicted octanol–water partition coefficient (Wildman–Crippen LogP) is 2.70. The molecule has 11 heteroatoms. The maximum atomic E-state index is 13.1. The Morgan fingerprint density at radius 3 is 2.28 bits per heavy atom. The van der Waals surface area contributed by atoms with Gasteiger partial charge in [-0.05, 0) is 37.1 Å². The van der Waals surface area contributed by atoms with Crippen molar-refractivity contribution >= 4 is 27.1 Å². The molecule has 1 aliphatic carbocycles. The highest BCUT2D eigenvalue weighted by atomic mass is 32.2. The van der Waals surface area contributed by atoms with Gasteiger partial charge >= 0.3 is 0 Å². The molecule has 1 saturated carbocycles. The van der Waals surface area contributed by atoms with E-state index in [1.165, 1.54) is 36.7 Å². The summed E-state index contributed by atoms with van der Waals surface area (Å²) in [5.74, 6) is 0.818. The van der Waals surface area contributed by atoms with Gasteiger partial charge in [0.2, 0.25) is 10.0 Å². The van der Waals surface area contributed by atoms with Crippen LogP contribution in [0.1, 0.15) is 12.8 Å². The van der Waals surface area contributed by atoms with Crippen LogP contribution in [0.25, 0.3) is 0 Å². The number of hydrogen-bond donors (Lipinski definition) is 1. The molecule has 172 valence electrons. The van der Waals surface area contributed by atoms with Gasteiger partial charge in [-0.3, -0.25) is 10.1 Å². The summed E-state index contributed by atoms with van der Waals surface area (Å²) in [6.07, 6.45) is 2.02. The molecular formula is C21H26N4O6S. The van der Waals surface area contributed by atoms with Gasteiger partial charge in [-0.25, -0.2) is 8.42 Å². The molecule has 1 saturated heterocycles. The summed E-state index contributed by atoms with van der Waals surface area (Å²) >= 11 is 0. The maximum absolute atomic E-state index is 13.1. The van der Waals surface area contributed by atoms with Crippen LogP contribution >= 0.6 is 0 Å². The summed E-state index contributed by atoms with van der Waals surface area (Å²) < 4.78 is 38.1. The first-order valence-corrected chi connectivity index (χ1v) is 11.8. The maximum Gasteiger partial charge on any atom is 0.292 e. The first-order valence-electron chi connectivity index (χ1n) is 10.4. The van der Waals surface area contributed by atoms with Gasteiger partial charge in [-0.2, -0.15) is 4.31 Å². The summed E-state index contributed by atoms with van der Waals surface area (Å²) in [5.41, 5.74) is 1.40. The van der Waals surface area contributed by atoms with Crippen LogP contribution < -0.4 is 19.7 Å². The average molecular weight is 463 g/mol. The lowest BCUT2D eigenvalue weighted by molar-refractivity contribution is -0.384. The van der Waals surface area contributed by atoms with Crippen LogP contribution in [0.4, 0.5) is 17.1 Å². The molecule has 0 atom stereocenters. The topological polar surface area (TPSA) is 114 Å². The number of benzene rings is 2. The van der Waals surface area contributed by atoms with E-state index in [4.69, 9.17) is 9.47 Å². The van der Waals surface area contributed by atoms with E-state index >= 15 is 0 Å². The third-order valence-electron chi connectivity index (χ3n) is 5.71. The number of nitrogens with zero attached hydrogens (tertiary/aromatic N) is 3. The van der Waals surface area contributed by atoms with Crippen molar-refractivity contribution in [3.63, 3.8) is 0 Å². The highest BCUT2D eigenvalue weighted by Gasteiger charge is 2.30. The molecule has 0 radical (unpaired) electrons. The molecule has 2 fully saturated rings. The smallest absolute Gasteiger partial charge is 0.292 e. The van der Waals surface area contributed by atoms with Crippen molar-refractivity contribution in [1.82, 2.24) is 4.31 Å². The molecule has 32 heavy (non-hydrogen) atoms. The normalized spacial score (nSPS) is 17.1. The lowest BCUT2D eigenvalue weighted by Gasteiger charge is -2.35. The Morgan fingerprint density at radius 1 is 1.00 bits per heavy atom. The Bertz CT molecular complexity index is 1110. The molecular weight excluding hydrogens is 436 g/mol. The van der Waals surface area contributed by atoms with Gasteiger partial charge in [0, 0.05) is 50.0 Å². The van der Waals surface area contributed by atoms with E-state index in [1.54, 1.807) is 18.2 Å². The minimum atomic E-state index is -3.69. The van der Waals surface area contributed by atoms with Gasteiger partial charge < -0.3 is 19.7 Å². The van der Waals surface area contributed by atoms with Crippen LogP contribution in [-0.4, -0.2) is 64.1 Å². The Labute approximate surface area is 186 Å². The van der Waals surface area contributed by atoms with Gasteiger partial charge in [-0.1, -0.05) is 0 Å². The summed E-state index contributed by atoms with van der Waals surface area (Å²) in [5, 5.41) is 14.6. The third kappa shape index (κ3) is 4.44. The van der Waals surface area contributed by atoms with Crippen LogP contribution in [-0.2, 0) is 10.0 Å². The molecule has 1 aliphatic heterocycles. The minimum absolute atomic E-state index is 0.0512. The zero-order valence-corrected chi connectivity index (χ0v) is 18.8. The Hall–Kier alpha value is -3.05. The standard InChI is InChI=1S/C21H26N4O6S/c1-30-20-8-6-17(14-21(20)31-2)32(28,29)24-11-9-23(10-12-24)16-5-7-19(25(26)27)18(13-16)22-15-3-4-15/h5-8,13-15,22H,3-4,9-12H2,1-2H3. The van der Waals surface area contributed by atoms with E-state index in [2.05, 4.69) is 5.32 Å². The summed E-state index contributed by atoms with van der Waals surface area (Å²) in [6.45, 7) is 1.57. The molecule has 0 amide bonds. The molecule has 10 nitrogen and oxygen atoms in total. The molecule has 1 heterocycles. The number of nitro benzene ring substituents is 1. The number of methoxy groups -OCH3 is 2. The van der Waals surface area contributed by atoms with Crippen LogP contribution in [0.3, 0.4) is 0 Å². The molecule has 0 bridgehead atoms. The van der Waals surface area contributed by atoms with Gasteiger partial charge in [0.25, 0.3) is 5.69 Å². The van der Waals surface area contributed by atoms with E-state index < -0.39 is 10.0 Å². The number of piperazine rings is 1. The molecule has 2 aromatic rings. The van der Waals surface area contributed by atoms with E-state index in [9.17, 15) is 18.5 Å². The molecule has 2 aromatic carbocycles. The molecule has 1 N–H and O–H groups in total. The fourth-order valence-electron chi connectivity index (χ4n) is 3.76.